The van der Waals surface area contributed by atoms with Gasteiger partial charge in [-0.3, -0.25) is 0 Å². The van der Waals surface area contributed by atoms with Crippen LogP contribution in [0.25, 0.3) is 0 Å². The molecule has 0 aromatic heterocycles. The van der Waals surface area contributed by atoms with E-state index in [4.69, 9.17) is 11.6 Å². The van der Waals surface area contributed by atoms with E-state index in [9.17, 15) is 0 Å². The minimum absolute atomic E-state index is 0.334. The fourth-order valence-electron chi connectivity index (χ4n) is 3.57. The Bertz CT molecular complexity index is 466. The van der Waals surface area contributed by atoms with Crippen molar-refractivity contribution in [1.29, 1.82) is 0 Å². The monoisotopic (exact) mass is 278 g/mol. The molecule has 1 N–H and O–H groups in total. The molecule has 1 aromatic carbocycles. The Morgan fingerprint density at radius 2 is 2.05 bits per heavy atom. The number of hydrogen-bond acceptors (Lipinski definition) is 2. The van der Waals surface area contributed by atoms with E-state index in [-0.39, 0.29) is 0 Å². The molecule has 2 aliphatic rings. The molecular formula is C16H23ClN2. The summed E-state index contributed by atoms with van der Waals surface area (Å²) in [5.41, 5.74) is 2.76. The van der Waals surface area contributed by atoms with Crippen molar-refractivity contribution in [3.8, 4) is 0 Å². The zero-order chi connectivity index (χ0) is 13.5. The van der Waals surface area contributed by atoms with Crippen LogP contribution in [0.3, 0.4) is 0 Å². The molecule has 1 aromatic rings. The summed E-state index contributed by atoms with van der Waals surface area (Å²) in [6.07, 6.45) is 5.33. The predicted molar refractivity (Wildman–Crippen MR) is 82.2 cm³/mol. The summed E-state index contributed by atoms with van der Waals surface area (Å²) in [4.78, 5) is 2.50. The molecule has 1 aliphatic heterocycles. The molecule has 1 unspecified atom stereocenters. The van der Waals surface area contributed by atoms with E-state index in [0.29, 0.717) is 11.6 Å². The van der Waals surface area contributed by atoms with Gasteiger partial charge in [-0.05, 0) is 44.4 Å². The molecule has 1 aliphatic carbocycles. The van der Waals surface area contributed by atoms with Crippen LogP contribution < -0.4 is 10.2 Å². The molecule has 3 rings (SSSR count). The topological polar surface area (TPSA) is 15.3 Å². The fraction of sp³-hybridized carbons (Fsp3) is 0.625. The second-order valence-electron chi connectivity index (χ2n) is 6.30. The molecule has 1 heterocycles. The first-order chi connectivity index (χ1) is 9.10. The minimum atomic E-state index is 0.334. The summed E-state index contributed by atoms with van der Waals surface area (Å²) < 4.78 is 0. The Balaban J connectivity index is 1.89. The Morgan fingerprint density at radius 1 is 1.32 bits per heavy atom. The summed E-state index contributed by atoms with van der Waals surface area (Å²) in [7, 11) is 0. The van der Waals surface area contributed by atoms with E-state index in [1.807, 2.05) is 0 Å². The van der Waals surface area contributed by atoms with Crippen molar-refractivity contribution in [1.82, 2.24) is 5.32 Å². The zero-order valence-corrected chi connectivity index (χ0v) is 12.6. The van der Waals surface area contributed by atoms with Crippen LogP contribution in [0.2, 0.25) is 5.02 Å². The van der Waals surface area contributed by atoms with Crippen LogP contribution in [0.1, 0.15) is 38.2 Å². The van der Waals surface area contributed by atoms with Crippen LogP contribution in [0.4, 0.5) is 5.69 Å². The second-order valence-corrected chi connectivity index (χ2v) is 6.71. The lowest BCUT2D eigenvalue weighted by Gasteiger charge is -2.46. The number of rotatable bonds is 1. The van der Waals surface area contributed by atoms with Crippen molar-refractivity contribution >= 4 is 17.3 Å². The molecule has 3 heteroatoms. The van der Waals surface area contributed by atoms with Crippen LogP contribution in [-0.2, 0) is 0 Å². The zero-order valence-electron chi connectivity index (χ0n) is 11.9. The Hall–Kier alpha value is -0.730. The summed E-state index contributed by atoms with van der Waals surface area (Å²) in [5.74, 6) is 0. The molecular weight excluding hydrogens is 256 g/mol. The molecule has 2 fully saturated rings. The van der Waals surface area contributed by atoms with Gasteiger partial charge in [0.15, 0.2) is 0 Å². The Kier molecular flexibility index (Phi) is 3.48. The number of anilines is 1. The van der Waals surface area contributed by atoms with Gasteiger partial charge in [0.2, 0.25) is 0 Å². The Morgan fingerprint density at radius 3 is 2.74 bits per heavy atom. The lowest BCUT2D eigenvalue weighted by Crippen LogP contribution is -2.62. The van der Waals surface area contributed by atoms with E-state index in [0.717, 1.165) is 18.1 Å². The summed E-state index contributed by atoms with van der Waals surface area (Å²) in [6, 6.07) is 6.93. The quantitative estimate of drug-likeness (QED) is 0.841. The maximum Gasteiger partial charge on any atom is 0.0642 e. The molecule has 1 atom stereocenters. The first-order valence-corrected chi connectivity index (χ1v) is 7.75. The largest absolute Gasteiger partial charge is 0.364 e. The number of halogens is 1. The molecule has 104 valence electrons. The van der Waals surface area contributed by atoms with Crippen molar-refractivity contribution in [2.24, 2.45) is 0 Å². The molecule has 1 spiro atoms. The summed E-state index contributed by atoms with van der Waals surface area (Å²) in [5, 5.41) is 4.68. The molecule has 0 radical (unpaired) electrons. The summed E-state index contributed by atoms with van der Waals surface area (Å²) >= 11 is 6.46. The van der Waals surface area contributed by atoms with Gasteiger partial charge in [0, 0.05) is 24.7 Å². The van der Waals surface area contributed by atoms with Crippen molar-refractivity contribution < 1.29 is 0 Å². The lowest BCUT2D eigenvalue weighted by atomic mass is 9.92. The highest BCUT2D eigenvalue weighted by Crippen LogP contribution is 2.37. The van der Waals surface area contributed by atoms with Gasteiger partial charge in [-0.25, -0.2) is 0 Å². The van der Waals surface area contributed by atoms with E-state index >= 15 is 0 Å². The lowest BCUT2D eigenvalue weighted by molar-refractivity contribution is 0.276. The molecule has 19 heavy (non-hydrogen) atoms. The highest BCUT2D eigenvalue weighted by Gasteiger charge is 2.40. The van der Waals surface area contributed by atoms with E-state index in [1.165, 1.54) is 36.9 Å². The Labute approximate surface area is 121 Å². The van der Waals surface area contributed by atoms with Gasteiger partial charge >= 0.3 is 0 Å². The third-order valence-corrected chi connectivity index (χ3v) is 5.05. The average molecular weight is 279 g/mol. The number of benzene rings is 1. The van der Waals surface area contributed by atoms with Gasteiger partial charge in [-0.1, -0.05) is 30.5 Å². The maximum absolute atomic E-state index is 6.46. The van der Waals surface area contributed by atoms with Gasteiger partial charge in [0.25, 0.3) is 0 Å². The van der Waals surface area contributed by atoms with Crippen LogP contribution in [-0.4, -0.2) is 24.7 Å². The van der Waals surface area contributed by atoms with Gasteiger partial charge in [0.1, 0.15) is 0 Å². The molecule has 2 nitrogen and oxygen atoms in total. The van der Waals surface area contributed by atoms with E-state index in [1.54, 1.807) is 0 Å². The predicted octanol–water partition coefficient (Wildman–Crippen LogP) is 3.76. The fourth-order valence-corrected chi connectivity index (χ4v) is 3.91. The number of nitrogens with zero attached hydrogens (tertiary/aromatic N) is 1. The number of piperazine rings is 1. The van der Waals surface area contributed by atoms with Crippen LogP contribution >= 0.6 is 11.6 Å². The standard InChI is InChI=1S/C16H23ClN2/c1-12-5-6-15(14(17)9-12)19-11-16(7-3-4-8-16)18-10-13(19)2/h5-6,9,13,18H,3-4,7-8,10-11H2,1-2H3. The number of hydrogen-bond donors (Lipinski definition) is 1. The van der Waals surface area contributed by atoms with Crippen LogP contribution in [0.15, 0.2) is 18.2 Å². The smallest absolute Gasteiger partial charge is 0.0642 e. The van der Waals surface area contributed by atoms with Crippen molar-refractivity contribution in [3.63, 3.8) is 0 Å². The van der Waals surface area contributed by atoms with Crippen molar-refractivity contribution in [2.45, 2.75) is 51.1 Å². The molecule has 0 bridgehead atoms. The SMILES string of the molecule is Cc1ccc(N2CC3(CCCC3)NCC2C)c(Cl)c1. The molecule has 1 saturated carbocycles. The van der Waals surface area contributed by atoms with Gasteiger partial charge < -0.3 is 10.2 Å². The average Bonchev–Trinajstić information content (AvgIpc) is 2.82. The normalized spacial score (nSPS) is 26.1. The third kappa shape index (κ3) is 2.48. The van der Waals surface area contributed by atoms with Gasteiger partial charge in [-0.2, -0.15) is 0 Å². The first kappa shape index (κ1) is 13.3. The first-order valence-electron chi connectivity index (χ1n) is 7.37. The van der Waals surface area contributed by atoms with E-state index < -0.39 is 0 Å². The van der Waals surface area contributed by atoms with Crippen molar-refractivity contribution in [3.05, 3.63) is 28.8 Å². The summed E-state index contributed by atoms with van der Waals surface area (Å²) in [6.45, 7) is 6.53. The maximum atomic E-state index is 6.46. The minimum Gasteiger partial charge on any atom is -0.364 e. The van der Waals surface area contributed by atoms with Gasteiger partial charge in [0.05, 0.1) is 10.7 Å². The third-order valence-electron chi connectivity index (χ3n) is 4.75. The number of nitrogens with one attached hydrogen (secondary N) is 1. The molecule has 1 saturated heterocycles. The van der Waals surface area contributed by atoms with Crippen LogP contribution in [0.5, 0.6) is 0 Å². The molecule has 0 amide bonds. The van der Waals surface area contributed by atoms with E-state index in [2.05, 4.69) is 42.3 Å². The van der Waals surface area contributed by atoms with Crippen LogP contribution in [0, 0.1) is 6.92 Å². The highest BCUT2D eigenvalue weighted by atomic mass is 35.5. The number of aryl methyl sites for hydroxylation is 1. The van der Waals surface area contributed by atoms with Crippen molar-refractivity contribution in [2.75, 3.05) is 18.0 Å². The highest BCUT2D eigenvalue weighted by molar-refractivity contribution is 6.33. The second kappa shape index (κ2) is 4.99. The van der Waals surface area contributed by atoms with Gasteiger partial charge in [-0.15, -0.1) is 0 Å².